The van der Waals surface area contributed by atoms with E-state index in [1.54, 1.807) is 28.4 Å². The summed E-state index contributed by atoms with van der Waals surface area (Å²) in [4.78, 5) is 31.4. The van der Waals surface area contributed by atoms with Crippen LogP contribution in [0.4, 0.5) is 0 Å². The van der Waals surface area contributed by atoms with Crippen LogP contribution in [0.1, 0.15) is 52.9 Å². The first-order valence-electron chi connectivity index (χ1n) is 11.9. The van der Waals surface area contributed by atoms with Gasteiger partial charge in [-0.05, 0) is 78.6 Å². The second-order valence-corrected chi connectivity index (χ2v) is 10.7. The lowest BCUT2D eigenvalue weighted by atomic mass is 10.00. The van der Waals surface area contributed by atoms with E-state index in [4.69, 9.17) is 20.8 Å². The van der Waals surface area contributed by atoms with Crippen molar-refractivity contribution in [2.24, 2.45) is 5.92 Å². The highest BCUT2D eigenvalue weighted by atomic mass is 35.5. The molecule has 35 heavy (non-hydrogen) atoms. The molecule has 3 heterocycles. The van der Waals surface area contributed by atoms with E-state index in [0.29, 0.717) is 36.4 Å². The molecular weight excluding hydrogens is 484 g/mol. The Bertz CT molecular complexity index is 1160. The Hall–Kier alpha value is -2.77. The molecule has 0 aliphatic carbocycles. The fraction of sp³-hybridized carbons (Fsp3) is 0.407. The van der Waals surface area contributed by atoms with Crippen molar-refractivity contribution < 1.29 is 18.7 Å². The number of rotatable bonds is 9. The number of halogens is 1. The number of carbonyl (C=O) groups is 2. The number of thiophene rings is 1. The lowest BCUT2D eigenvalue weighted by Crippen LogP contribution is -2.48. The lowest BCUT2D eigenvalue weighted by Gasteiger charge is -2.37. The van der Waals surface area contributed by atoms with Gasteiger partial charge in [-0.15, -0.1) is 11.3 Å². The van der Waals surface area contributed by atoms with Crippen molar-refractivity contribution in [1.29, 1.82) is 0 Å². The van der Waals surface area contributed by atoms with Gasteiger partial charge in [0.1, 0.15) is 18.9 Å². The van der Waals surface area contributed by atoms with Crippen molar-refractivity contribution in [2.45, 2.75) is 39.7 Å². The Kier molecular flexibility index (Phi) is 8.19. The van der Waals surface area contributed by atoms with Gasteiger partial charge in [0.05, 0.1) is 12.3 Å². The predicted molar refractivity (Wildman–Crippen MR) is 138 cm³/mol. The van der Waals surface area contributed by atoms with Gasteiger partial charge in [0.15, 0.2) is 5.76 Å². The Morgan fingerprint density at radius 1 is 1.29 bits per heavy atom. The molecule has 0 radical (unpaired) electrons. The minimum atomic E-state index is -0.262. The molecule has 3 aromatic rings. The SMILES string of the molecule is Cc1cc(OC[C@H]2c3ccsc3CCN2C(=O)CN(CCC(C)C)C(=O)c2ccco2)ccc1Cl. The van der Waals surface area contributed by atoms with Crippen LogP contribution in [0, 0.1) is 12.8 Å². The molecule has 0 saturated carbocycles. The molecule has 2 amide bonds. The predicted octanol–water partition coefficient (Wildman–Crippen LogP) is 6.00. The molecule has 1 atom stereocenters. The van der Waals surface area contributed by atoms with E-state index in [2.05, 4.69) is 25.3 Å². The largest absolute Gasteiger partial charge is 0.491 e. The molecule has 8 heteroatoms. The van der Waals surface area contributed by atoms with E-state index >= 15 is 0 Å². The maximum Gasteiger partial charge on any atom is 0.290 e. The van der Waals surface area contributed by atoms with Gasteiger partial charge in [0.25, 0.3) is 5.91 Å². The Balaban J connectivity index is 1.52. The van der Waals surface area contributed by atoms with Gasteiger partial charge in [0.2, 0.25) is 5.91 Å². The van der Waals surface area contributed by atoms with Gasteiger partial charge < -0.3 is 19.0 Å². The van der Waals surface area contributed by atoms with Crippen LogP contribution in [0.15, 0.2) is 52.5 Å². The van der Waals surface area contributed by atoms with Gasteiger partial charge in [-0.1, -0.05) is 25.4 Å². The summed E-state index contributed by atoms with van der Waals surface area (Å²) in [5, 5.41) is 2.75. The molecule has 0 spiro atoms. The van der Waals surface area contributed by atoms with Gasteiger partial charge in [-0.3, -0.25) is 9.59 Å². The molecule has 0 unspecified atom stereocenters. The third-order valence-corrected chi connectivity index (χ3v) is 7.69. The van der Waals surface area contributed by atoms with Crippen LogP contribution in [0.5, 0.6) is 5.75 Å². The molecular formula is C27H31ClN2O4S. The summed E-state index contributed by atoms with van der Waals surface area (Å²) in [6.07, 6.45) is 3.08. The van der Waals surface area contributed by atoms with Crippen LogP contribution in [-0.4, -0.2) is 47.9 Å². The first kappa shape index (κ1) is 25.3. The van der Waals surface area contributed by atoms with Crippen molar-refractivity contribution >= 4 is 34.8 Å². The highest BCUT2D eigenvalue weighted by Gasteiger charge is 2.34. The number of aryl methyl sites for hydroxylation is 1. The average Bonchev–Trinajstić information content (AvgIpc) is 3.54. The zero-order valence-electron chi connectivity index (χ0n) is 20.3. The Morgan fingerprint density at radius 2 is 2.11 bits per heavy atom. The second kappa shape index (κ2) is 11.3. The van der Waals surface area contributed by atoms with E-state index < -0.39 is 0 Å². The Morgan fingerprint density at radius 3 is 2.83 bits per heavy atom. The summed E-state index contributed by atoms with van der Waals surface area (Å²) in [5.41, 5.74) is 2.06. The minimum Gasteiger partial charge on any atom is -0.491 e. The first-order valence-corrected chi connectivity index (χ1v) is 13.2. The van der Waals surface area contributed by atoms with Crippen LogP contribution >= 0.6 is 22.9 Å². The van der Waals surface area contributed by atoms with E-state index in [1.165, 1.54) is 11.1 Å². The molecule has 1 aliphatic rings. The van der Waals surface area contributed by atoms with Crippen LogP contribution in [0.25, 0.3) is 0 Å². The van der Waals surface area contributed by atoms with Gasteiger partial charge in [-0.2, -0.15) is 0 Å². The third kappa shape index (κ3) is 6.08. The molecule has 4 rings (SSSR count). The van der Waals surface area contributed by atoms with E-state index in [0.717, 1.165) is 24.0 Å². The van der Waals surface area contributed by atoms with E-state index in [-0.39, 0.29) is 30.2 Å². The van der Waals surface area contributed by atoms with Crippen LogP contribution < -0.4 is 4.74 Å². The number of fused-ring (bicyclic) bond motifs is 1. The fourth-order valence-corrected chi connectivity index (χ4v) is 5.28. The molecule has 2 aromatic heterocycles. The van der Waals surface area contributed by atoms with Crippen LogP contribution in [0.2, 0.25) is 5.02 Å². The first-order chi connectivity index (χ1) is 16.8. The van der Waals surface area contributed by atoms with Gasteiger partial charge in [-0.25, -0.2) is 0 Å². The zero-order chi connectivity index (χ0) is 24.9. The van der Waals surface area contributed by atoms with Gasteiger partial charge in [0, 0.05) is 23.0 Å². The van der Waals surface area contributed by atoms with Crippen molar-refractivity contribution in [2.75, 3.05) is 26.2 Å². The monoisotopic (exact) mass is 514 g/mol. The van der Waals surface area contributed by atoms with Crippen molar-refractivity contribution in [1.82, 2.24) is 9.80 Å². The summed E-state index contributed by atoms with van der Waals surface area (Å²) in [6.45, 7) is 7.55. The number of benzene rings is 1. The summed E-state index contributed by atoms with van der Waals surface area (Å²) in [6, 6.07) is 10.7. The zero-order valence-corrected chi connectivity index (χ0v) is 21.9. The maximum absolute atomic E-state index is 13.6. The van der Waals surface area contributed by atoms with E-state index in [9.17, 15) is 9.59 Å². The van der Waals surface area contributed by atoms with Crippen molar-refractivity contribution in [3.63, 3.8) is 0 Å². The molecule has 186 valence electrons. The van der Waals surface area contributed by atoms with Crippen molar-refractivity contribution in [3.05, 3.63) is 74.8 Å². The molecule has 0 fully saturated rings. The van der Waals surface area contributed by atoms with Crippen molar-refractivity contribution in [3.8, 4) is 5.75 Å². The summed E-state index contributed by atoms with van der Waals surface area (Å²) in [5.74, 6) is 1.02. The quantitative estimate of drug-likeness (QED) is 0.351. The molecule has 0 bridgehead atoms. The molecule has 1 aromatic carbocycles. The third-order valence-electron chi connectivity index (χ3n) is 6.27. The number of nitrogens with zero attached hydrogens (tertiary/aromatic N) is 2. The van der Waals surface area contributed by atoms with Gasteiger partial charge >= 0.3 is 0 Å². The highest BCUT2D eigenvalue weighted by Crippen LogP contribution is 2.34. The molecule has 0 saturated heterocycles. The lowest BCUT2D eigenvalue weighted by molar-refractivity contribution is -0.135. The Labute approximate surface area is 215 Å². The average molecular weight is 515 g/mol. The number of ether oxygens (including phenoxy) is 1. The number of hydrogen-bond donors (Lipinski definition) is 0. The topological polar surface area (TPSA) is 63.0 Å². The number of amides is 2. The molecule has 6 nitrogen and oxygen atoms in total. The number of hydrogen-bond acceptors (Lipinski definition) is 5. The second-order valence-electron chi connectivity index (χ2n) is 9.26. The maximum atomic E-state index is 13.6. The summed E-state index contributed by atoms with van der Waals surface area (Å²) in [7, 11) is 0. The summed E-state index contributed by atoms with van der Waals surface area (Å²) >= 11 is 7.87. The normalized spacial score (nSPS) is 15.2. The van der Waals surface area contributed by atoms with Crippen LogP contribution in [0.3, 0.4) is 0 Å². The minimum absolute atomic E-state index is 0.00226. The number of furan rings is 1. The number of carbonyl (C=O) groups excluding carboxylic acids is 2. The summed E-state index contributed by atoms with van der Waals surface area (Å²) < 4.78 is 11.5. The fourth-order valence-electron chi connectivity index (χ4n) is 4.23. The standard InChI is InChI=1S/C27H31ClN2O4S/c1-18(2)8-11-29(27(32)24-5-4-13-33-24)16-26(31)30-12-9-25-21(10-14-35-25)23(30)17-34-20-6-7-22(28)19(3)15-20/h4-7,10,13-15,18,23H,8-9,11-12,16-17H2,1-3H3/t23-/m0/s1. The van der Waals surface area contributed by atoms with E-state index in [1.807, 2.05) is 30.0 Å². The highest BCUT2D eigenvalue weighted by molar-refractivity contribution is 7.10. The smallest absolute Gasteiger partial charge is 0.290 e. The molecule has 0 N–H and O–H groups in total. The molecule has 1 aliphatic heterocycles. The van der Waals surface area contributed by atoms with Crippen LogP contribution in [-0.2, 0) is 11.2 Å².